The van der Waals surface area contributed by atoms with Crippen LogP contribution < -0.4 is 10.9 Å². The van der Waals surface area contributed by atoms with Crippen LogP contribution in [0.3, 0.4) is 0 Å². The normalized spacial score (nSPS) is 15.1. The minimum atomic E-state index is -0.158. The van der Waals surface area contributed by atoms with E-state index in [0.717, 1.165) is 36.4 Å². The number of anilines is 1. The fourth-order valence-corrected chi connectivity index (χ4v) is 2.86. The molecule has 0 aliphatic carbocycles. The average molecular weight is 299 g/mol. The zero-order chi connectivity index (χ0) is 15.2. The van der Waals surface area contributed by atoms with Crippen molar-refractivity contribution in [3.05, 3.63) is 65.5 Å². The molecule has 0 amide bonds. The predicted octanol–water partition coefficient (Wildman–Crippen LogP) is 3.54. The molecule has 1 aliphatic heterocycles. The van der Waals surface area contributed by atoms with Crippen LogP contribution in [-0.2, 0) is 13.1 Å². The zero-order valence-corrected chi connectivity index (χ0v) is 12.7. The van der Waals surface area contributed by atoms with Gasteiger partial charge in [0.25, 0.3) is 0 Å². The van der Waals surface area contributed by atoms with E-state index in [1.54, 1.807) is 6.07 Å². The first kappa shape index (κ1) is 15.0. The molecule has 2 aromatic carbocycles. The van der Waals surface area contributed by atoms with Gasteiger partial charge >= 0.3 is 0 Å². The second kappa shape index (κ2) is 7.38. The van der Waals surface area contributed by atoms with Crippen molar-refractivity contribution in [2.24, 2.45) is 0 Å². The van der Waals surface area contributed by atoms with Gasteiger partial charge < -0.3 is 5.43 Å². The number of benzene rings is 2. The molecule has 3 nitrogen and oxygen atoms in total. The molecular weight excluding hydrogens is 277 g/mol. The van der Waals surface area contributed by atoms with Crippen molar-refractivity contribution in [2.45, 2.75) is 25.9 Å². The summed E-state index contributed by atoms with van der Waals surface area (Å²) in [4.78, 5) is 2.39. The molecule has 0 bridgehead atoms. The van der Waals surface area contributed by atoms with E-state index in [9.17, 15) is 4.39 Å². The fourth-order valence-electron chi connectivity index (χ4n) is 2.86. The van der Waals surface area contributed by atoms with Crippen molar-refractivity contribution in [2.75, 3.05) is 18.5 Å². The third kappa shape index (κ3) is 4.06. The Labute approximate surface area is 131 Å². The number of likely N-dealkylation sites (tertiary alicyclic amines) is 1. The summed E-state index contributed by atoms with van der Waals surface area (Å²) in [5, 5.41) is 0. The quantitative estimate of drug-likeness (QED) is 0.799. The lowest BCUT2D eigenvalue weighted by molar-refractivity contribution is 0.329. The molecule has 0 radical (unpaired) electrons. The Kier molecular flexibility index (Phi) is 5.03. The first-order chi connectivity index (χ1) is 10.8. The summed E-state index contributed by atoms with van der Waals surface area (Å²) >= 11 is 0. The molecule has 1 aliphatic rings. The number of nitrogens with one attached hydrogen (secondary N) is 2. The molecule has 1 heterocycles. The maximum atomic E-state index is 13.6. The number of nitrogens with zero attached hydrogens (tertiary/aromatic N) is 1. The Balaban J connectivity index is 1.62. The van der Waals surface area contributed by atoms with Crippen LogP contribution in [0.1, 0.15) is 24.0 Å². The number of rotatable bonds is 6. The van der Waals surface area contributed by atoms with Crippen LogP contribution in [0.5, 0.6) is 0 Å². The van der Waals surface area contributed by atoms with E-state index in [2.05, 4.69) is 15.8 Å². The van der Waals surface area contributed by atoms with E-state index in [-0.39, 0.29) is 5.82 Å². The zero-order valence-electron chi connectivity index (χ0n) is 12.7. The second-order valence-corrected chi connectivity index (χ2v) is 5.74. The molecule has 116 valence electrons. The minimum absolute atomic E-state index is 0.158. The Morgan fingerprint density at radius 1 is 0.955 bits per heavy atom. The maximum Gasteiger partial charge on any atom is 0.123 e. The summed E-state index contributed by atoms with van der Waals surface area (Å²) in [5.41, 5.74) is 9.61. The Hall–Kier alpha value is -1.91. The third-order valence-electron chi connectivity index (χ3n) is 4.05. The van der Waals surface area contributed by atoms with Gasteiger partial charge in [-0.25, -0.2) is 9.82 Å². The minimum Gasteiger partial charge on any atom is -0.321 e. The van der Waals surface area contributed by atoms with Crippen molar-refractivity contribution in [3.63, 3.8) is 0 Å². The molecule has 0 aromatic heterocycles. The van der Waals surface area contributed by atoms with Gasteiger partial charge in [-0.1, -0.05) is 24.3 Å². The standard InChI is InChI=1S/C18H22FN3/c19-17-9-8-15(13-20-21-18-6-2-1-3-7-18)16(12-17)14-22-10-4-5-11-22/h1-3,6-9,12,20-21H,4-5,10-11,13-14H2. The molecule has 0 spiro atoms. The number of halogens is 1. The topological polar surface area (TPSA) is 27.3 Å². The molecule has 4 heteroatoms. The number of hydrogen-bond donors (Lipinski definition) is 2. The summed E-state index contributed by atoms with van der Waals surface area (Å²) < 4.78 is 13.6. The van der Waals surface area contributed by atoms with E-state index in [4.69, 9.17) is 0 Å². The van der Waals surface area contributed by atoms with Gasteiger partial charge in [-0.2, -0.15) is 0 Å². The molecule has 3 rings (SSSR count). The SMILES string of the molecule is Fc1ccc(CNNc2ccccc2)c(CN2CCCC2)c1. The molecular formula is C18H22FN3. The van der Waals surface area contributed by atoms with Crippen LogP contribution >= 0.6 is 0 Å². The molecule has 0 saturated carbocycles. The lowest BCUT2D eigenvalue weighted by Crippen LogP contribution is -2.24. The highest BCUT2D eigenvalue weighted by molar-refractivity contribution is 5.41. The van der Waals surface area contributed by atoms with E-state index >= 15 is 0 Å². The van der Waals surface area contributed by atoms with Gasteiger partial charge in [-0.05, 0) is 61.3 Å². The van der Waals surface area contributed by atoms with Gasteiger partial charge in [0.1, 0.15) is 5.82 Å². The fraction of sp³-hybridized carbons (Fsp3) is 0.333. The summed E-state index contributed by atoms with van der Waals surface area (Å²) in [6.45, 7) is 3.73. The summed E-state index contributed by atoms with van der Waals surface area (Å²) in [7, 11) is 0. The first-order valence-corrected chi connectivity index (χ1v) is 7.85. The van der Waals surface area contributed by atoms with Crippen LogP contribution in [0.4, 0.5) is 10.1 Å². The van der Waals surface area contributed by atoms with Crippen molar-refractivity contribution >= 4 is 5.69 Å². The monoisotopic (exact) mass is 299 g/mol. The highest BCUT2D eigenvalue weighted by Gasteiger charge is 2.14. The van der Waals surface area contributed by atoms with Crippen LogP contribution in [0.15, 0.2) is 48.5 Å². The van der Waals surface area contributed by atoms with Gasteiger partial charge in [0, 0.05) is 18.8 Å². The van der Waals surface area contributed by atoms with Crippen LogP contribution in [0.25, 0.3) is 0 Å². The van der Waals surface area contributed by atoms with E-state index in [0.29, 0.717) is 6.54 Å². The van der Waals surface area contributed by atoms with Gasteiger partial charge in [0.15, 0.2) is 0 Å². The molecule has 0 unspecified atom stereocenters. The largest absolute Gasteiger partial charge is 0.321 e. The smallest absolute Gasteiger partial charge is 0.123 e. The van der Waals surface area contributed by atoms with Crippen molar-refractivity contribution < 1.29 is 4.39 Å². The van der Waals surface area contributed by atoms with E-state index in [1.807, 2.05) is 36.4 Å². The van der Waals surface area contributed by atoms with Crippen LogP contribution in [0, 0.1) is 5.82 Å². The van der Waals surface area contributed by atoms with E-state index < -0.39 is 0 Å². The lowest BCUT2D eigenvalue weighted by Gasteiger charge is -2.18. The molecule has 1 saturated heterocycles. The third-order valence-corrected chi connectivity index (χ3v) is 4.05. The van der Waals surface area contributed by atoms with Crippen LogP contribution in [0.2, 0.25) is 0 Å². The molecule has 0 atom stereocenters. The van der Waals surface area contributed by atoms with Gasteiger partial charge in [0.2, 0.25) is 0 Å². The Morgan fingerprint density at radius 3 is 2.50 bits per heavy atom. The average Bonchev–Trinajstić information content (AvgIpc) is 3.03. The Morgan fingerprint density at radius 2 is 1.73 bits per heavy atom. The molecule has 2 aromatic rings. The summed E-state index contributed by atoms with van der Waals surface area (Å²) in [6, 6.07) is 15.0. The second-order valence-electron chi connectivity index (χ2n) is 5.74. The van der Waals surface area contributed by atoms with Gasteiger partial charge in [-0.3, -0.25) is 4.90 Å². The number of hydrazine groups is 1. The number of hydrogen-bond acceptors (Lipinski definition) is 3. The Bertz CT molecular complexity index is 595. The highest BCUT2D eigenvalue weighted by atomic mass is 19.1. The van der Waals surface area contributed by atoms with Crippen molar-refractivity contribution in [1.29, 1.82) is 0 Å². The van der Waals surface area contributed by atoms with Crippen molar-refractivity contribution in [3.8, 4) is 0 Å². The van der Waals surface area contributed by atoms with Crippen LogP contribution in [-0.4, -0.2) is 18.0 Å². The summed E-state index contributed by atoms with van der Waals surface area (Å²) in [6.07, 6.45) is 2.50. The highest BCUT2D eigenvalue weighted by Crippen LogP contribution is 2.17. The van der Waals surface area contributed by atoms with E-state index in [1.165, 1.54) is 18.9 Å². The predicted molar refractivity (Wildman–Crippen MR) is 87.8 cm³/mol. The molecule has 1 fully saturated rings. The van der Waals surface area contributed by atoms with Crippen molar-refractivity contribution in [1.82, 2.24) is 10.3 Å². The van der Waals surface area contributed by atoms with Gasteiger partial charge in [-0.15, -0.1) is 0 Å². The molecule has 2 N–H and O–H groups in total. The maximum absolute atomic E-state index is 13.6. The lowest BCUT2D eigenvalue weighted by atomic mass is 10.1. The van der Waals surface area contributed by atoms with Gasteiger partial charge in [0.05, 0.1) is 0 Å². The summed E-state index contributed by atoms with van der Waals surface area (Å²) in [5.74, 6) is -0.158. The number of para-hydroxylation sites is 1. The first-order valence-electron chi connectivity index (χ1n) is 7.85. The molecule has 22 heavy (non-hydrogen) atoms.